The second-order valence-corrected chi connectivity index (χ2v) is 10.6. The summed E-state index contributed by atoms with van der Waals surface area (Å²) in [6, 6.07) is 1.93. The SMILES string of the molecule is C=CCn1c(C)cc(C(=O)CSc2nc3sc4c(c3c(=O)n2CC=C)CC[C@H](C)C4)c1C. The molecule has 4 rings (SSSR count). The predicted molar refractivity (Wildman–Crippen MR) is 134 cm³/mol. The highest BCUT2D eigenvalue weighted by atomic mass is 32.2. The highest BCUT2D eigenvalue weighted by Gasteiger charge is 2.25. The van der Waals surface area contributed by atoms with Crippen molar-refractivity contribution in [2.24, 2.45) is 5.92 Å². The maximum atomic E-state index is 13.4. The second-order valence-electron chi connectivity index (χ2n) is 8.53. The highest BCUT2D eigenvalue weighted by molar-refractivity contribution is 7.99. The molecular weight excluding hydrogens is 438 g/mol. The molecule has 0 aliphatic heterocycles. The van der Waals surface area contributed by atoms with E-state index in [0.717, 1.165) is 46.4 Å². The lowest BCUT2D eigenvalue weighted by Gasteiger charge is -2.17. The smallest absolute Gasteiger partial charge is 0.263 e. The van der Waals surface area contributed by atoms with Crippen LogP contribution in [0.2, 0.25) is 0 Å². The number of thioether (sulfide) groups is 1. The fraction of sp³-hybridized carbons (Fsp3) is 0.400. The molecule has 0 fully saturated rings. The lowest BCUT2D eigenvalue weighted by atomic mass is 9.89. The number of ketones is 1. The van der Waals surface area contributed by atoms with Crippen LogP contribution in [0, 0.1) is 19.8 Å². The summed E-state index contributed by atoms with van der Waals surface area (Å²) in [5.41, 5.74) is 3.87. The molecule has 3 heterocycles. The lowest BCUT2D eigenvalue weighted by molar-refractivity contribution is 0.102. The van der Waals surface area contributed by atoms with E-state index >= 15 is 0 Å². The average molecular weight is 468 g/mol. The number of allylic oxidation sites excluding steroid dienone is 2. The Morgan fingerprint density at radius 2 is 2.00 bits per heavy atom. The molecule has 1 aliphatic carbocycles. The van der Waals surface area contributed by atoms with E-state index in [1.54, 1.807) is 22.0 Å². The molecule has 3 aromatic heterocycles. The quantitative estimate of drug-likeness (QED) is 0.194. The van der Waals surface area contributed by atoms with Gasteiger partial charge >= 0.3 is 0 Å². The zero-order valence-corrected chi connectivity index (χ0v) is 20.6. The van der Waals surface area contributed by atoms with Gasteiger partial charge in [-0.05, 0) is 50.7 Å². The van der Waals surface area contributed by atoms with Crippen molar-refractivity contribution in [3.63, 3.8) is 0 Å². The first kappa shape index (κ1) is 22.8. The monoisotopic (exact) mass is 467 g/mol. The van der Waals surface area contributed by atoms with Crippen LogP contribution in [0.15, 0.2) is 41.3 Å². The van der Waals surface area contributed by atoms with Gasteiger partial charge in [0.1, 0.15) is 4.83 Å². The number of rotatable bonds is 8. The van der Waals surface area contributed by atoms with E-state index in [1.165, 1.54) is 22.2 Å². The zero-order valence-electron chi connectivity index (χ0n) is 18.9. The minimum absolute atomic E-state index is 0.0129. The third kappa shape index (κ3) is 4.04. The Bertz CT molecular complexity index is 1280. The van der Waals surface area contributed by atoms with Gasteiger partial charge in [-0.15, -0.1) is 24.5 Å². The van der Waals surface area contributed by atoms with E-state index in [-0.39, 0.29) is 17.1 Å². The minimum Gasteiger partial charge on any atom is -0.345 e. The van der Waals surface area contributed by atoms with E-state index in [0.29, 0.717) is 24.2 Å². The van der Waals surface area contributed by atoms with Crippen LogP contribution in [0.3, 0.4) is 0 Å². The van der Waals surface area contributed by atoms with Gasteiger partial charge in [-0.25, -0.2) is 4.98 Å². The van der Waals surface area contributed by atoms with Crippen LogP contribution in [0.1, 0.15) is 45.5 Å². The summed E-state index contributed by atoms with van der Waals surface area (Å²) in [4.78, 5) is 33.4. The van der Waals surface area contributed by atoms with Crippen LogP contribution in [0.5, 0.6) is 0 Å². The number of hydrogen-bond donors (Lipinski definition) is 0. The van der Waals surface area contributed by atoms with E-state index < -0.39 is 0 Å². The van der Waals surface area contributed by atoms with Crippen molar-refractivity contribution >= 4 is 39.1 Å². The van der Waals surface area contributed by atoms with E-state index in [1.807, 2.05) is 26.0 Å². The number of Topliss-reactive ketones (excluding diaryl/α,β-unsaturated/α-hetero) is 1. The molecule has 7 heteroatoms. The molecule has 32 heavy (non-hydrogen) atoms. The summed E-state index contributed by atoms with van der Waals surface area (Å²) in [6.07, 6.45) is 6.60. The number of thiophene rings is 1. The van der Waals surface area contributed by atoms with Gasteiger partial charge in [0.05, 0.1) is 11.1 Å². The molecule has 0 N–H and O–H groups in total. The third-order valence-corrected chi connectivity index (χ3v) is 8.33. The molecule has 0 bridgehead atoms. The molecule has 3 aromatic rings. The van der Waals surface area contributed by atoms with E-state index in [2.05, 4.69) is 24.6 Å². The topological polar surface area (TPSA) is 56.9 Å². The standard InChI is InChI=1S/C25H29N3O2S2/c1-6-10-27-16(4)13-19(17(27)5)20(29)14-31-25-26-23-22(24(30)28(25)11-7-2)18-9-8-15(3)12-21(18)32-23/h6-7,13,15H,1-2,8-12,14H2,3-5H3/t15-/m0/s1. The fourth-order valence-corrected chi connectivity index (χ4v) is 6.82. The number of hydrogen-bond acceptors (Lipinski definition) is 5. The summed E-state index contributed by atoms with van der Waals surface area (Å²) < 4.78 is 3.75. The van der Waals surface area contributed by atoms with Crippen LogP contribution >= 0.6 is 23.1 Å². The van der Waals surface area contributed by atoms with Gasteiger partial charge in [0.15, 0.2) is 10.9 Å². The molecule has 0 radical (unpaired) electrons. The average Bonchev–Trinajstić information content (AvgIpc) is 3.26. The minimum atomic E-state index is -0.0129. The molecule has 5 nitrogen and oxygen atoms in total. The van der Waals surface area contributed by atoms with Gasteiger partial charge in [0.2, 0.25) is 0 Å². The maximum Gasteiger partial charge on any atom is 0.263 e. The Morgan fingerprint density at radius 1 is 1.28 bits per heavy atom. The molecule has 0 unspecified atom stereocenters. The van der Waals surface area contributed by atoms with Crippen LogP contribution in [0.4, 0.5) is 0 Å². The van der Waals surface area contributed by atoms with Gasteiger partial charge in [0, 0.05) is 34.9 Å². The Labute approximate surface area is 196 Å². The molecule has 0 saturated heterocycles. The summed E-state index contributed by atoms with van der Waals surface area (Å²) in [5, 5.41) is 1.35. The number of aryl methyl sites for hydroxylation is 2. The summed E-state index contributed by atoms with van der Waals surface area (Å²) in [6.45, 7) is 14.9. The first-order chi connectivity index (χ1) is 15.3. The van der Waals surface area contributed by atoms with Gasteiger partial charge < -0.3 is 4.57 Å². The first-order valence-corrected chi connectivity index (χ1v) is 12.8. The molecule has 0 amide bonds. The van der Waals surface area contributed by atoms with Crippen LogP contribution in [-0.4, -0.2) is 25.7 Å². The van der Waals surface area contributed by atoms with Crippen molar-refractivity contribution in [3.05, 3.63) is 69.1 Å². The zero-order chi connectivity index (χ0) is 23.0. The number of aromatic nitrogens is 3. The molecule has 168 valence electrons. The van der Waals surface area contributed by atoms with Crippen molar-refractivity contribution < 1.29 is 4.79 Å². The maximum absolute atomic E-state index is 13.4. The van der Waals surface area contributed by atoms with Gasteiger partial charge in [-0.3, -0.25) is 14.2 Å². The van der Waals surface area contributed by atoms with E-state index in [4.69, 9.17) is 4.98 Å². The molecule has 0 aromatic carbocycles. The second kappa shape index (κ2) is 9.24. The molecule has 0 spiro atoms. The van der Waals surface area contributed by atoms with Crippen molar-refractivity contribution in [2.45, 2.75) is 58.3 Å². The van der Waals surface area contributed by atoms with Crippen LogP contribution in [-0.2, 0) is 25.9 Å². The molecular formula is C25H29N3O2S2. The predicted octanol–water partition coefficient (Wildman–Crippen LogP) is 5.35. The third-order valence-electron chi connectivity index (χ3n) is 6.21. The van der Waals surface area contributed by atoms with Crippen molar-refractivity contribution in [1.29, 1.82) is 0 Å². The van der Waals surface area contributed by atoms with Gasteiger partial charge in [0.25, 0.3) is 5.56 Å². The summed E-state index contributed by atoms with van der Waals surface area (Å²) in [7, 11) is 0. The Morgan fingerprint density at radius 3 is 2.72 bits per heavy atom. The van der Waals surface area contributed by atoms with Crippen LogP contribution < -0.4 is 5.56 Å². The molecule has 0 saturated carbocycles. The number of carbonyl (C=O) groups is 1. The molecule has 1 aliphatic rings. The van der Waals surface area contributed by atoms with E-state index in [9.17, 15) is 9.59 Å². The fourth-order valence-electron chi connectivity index (χ4n) is 4.51. The van der Waals surface area contributed by atoms with Gasteiger partial charge in [-0.2, -0.15) is 0 Å². The Kier molecular flexibility index (Phi) is 6.58. The summed E-state index contributed by atoms with van der Waals surface area (Å²) >= 11 is 2.98. The Balaban J connectivity index is 1.67. The number of carbonyl (C=O) groups excluding carboxylic acids is 1. The highest BCUT2D eigenvalue weighted by Crippen LogP contribution is 2.36. The van der Waals surface area contributed by atoms with Crippen molar-refractivity contribution in [3.8, 4) is 0 Å². The van der Waals surface area contributed by atoms with Crippen molar-refractivity contribution in [2.75, 3.05) is 5.75 Å². The Hall–Kier alpha value is -2.38. The van der Waals surface area contributed by atoms with Crippen molar-refractivity contribution in [1.82, 2.24) is 14.1 Å². The number of fused-ring (bicyclic) bond motifs is 3. The summed E-state index contributed by atoms with van der Waals surface area (Å²) in [5.74, 6) is 0.907. The molecule has 1 atom stereocenters. The largest absolute Gasteiger partial charge is 0.345 e. The lowest BCUT2D eigenvalue weighted by Crippen LogP contribution is -2.24. The first-order valence-electron chi connectivity index (χ1n) is 10.9. The van der Waals surface area contributed by atoms with Gasteiger partial charge in [-0.1, -0.05) is 30.8 Å². The normalized spacial score (nSPS) is 15.7. The number of nitrogens with zero attached hydrogens (tertiary/aromatic N) is 3. The van der Waals surface area contributed by atoms with Crippen LogP contribution in [0.25, 0.3) is 10.2 Å².